The largest absolute Gasteiger partial charge is 0.303 e. The van der Waals surface area contributed by atoms with Gasteiger partial charge in [-0.1, -0.05) is 20.8 Å². The third-order valence-electron chi connectivity index (χ3n) is 2.81. The van der Waals surface area contributed by atoms with Crippen LogP contribution in [0.1, 0.15) is 33.6 Å². The maximum Gasteiger partial charge on any atom is 0.000988 e. The van der Waals surface area contributed by atoms with Crippen LogP contribution in [0.5, 0.6) is 0 Å². The minimum absolute atomic E-state index is 1.09. The SMILES string of the molecule is CC.CCN1CC2CC(C2)C1. The Balaban J connectivity index is 0.000000281. The van der Waals surface area contributed by atoms with Gasteiger partial charge in [0.15, 0.2) is 0 Å². The molecule has 0 N–H and O–H groups in total. The summed E-state index contributed by atoms with van der Waals surface area (Å²) in [6.45, 7) is 10.3. The Labute approximate surface area is 70.8 Å². The first kappa shape index (κ1) is 9.05. The van der Waals surface area contributed by atoms with Gasteiger partial charge in [-0.15, -0.1) is 0 Å². The molecule has 0 amide bonds. The average Bonchev–Trinajstić information content (AvgIpc) is 2.07. The molecule has 0 radical (unpaired) electrons. The molecule has 3 aliphatic rings. The molecule has 1 nitrogen and oxygen atoms in total. The minimum Gasteiger partial charge on any atom is -0.303 e. The van der Waals surface area contributed by atoms with Gasteiger partial charge in [0.25, 0.3) is 0 Å². The van der Waals surface area contributed by atoms with Crippen LogP contribution in [0.3, 0.4) is 0 Å². The fourth-order valence-electron chi connectivity index (χ4n) is 2.23. The van der Waals surface area contributed by atoms with Crippen LogP contribution in [-0.2, 0) is 0 Å². The molecule has 0 aromatic carbocycles. The molecule has 11 heavy (non-hydrogen) atoms. The van der Waals surface area contributed by atoms with Crippen molar-refractivity contribution in [3.05, 3.63) is 0 Å². The van der Waals surface area contributed by atoms with E-state index in [1.165, 1.54) is 32.5 Å². The Morgan fingerprint density at radius 2 is 1.55 bits per heavy atom. The van der Waals surface area contributed by atoms with E-state index in [2.05, 4.69) is 11.8 Å². The lowest BCUT2D eigenvalue weighted by Gasteiger charge is -2.46. The number of rotatable bonds is 1. The van der Waals surface area contributed by atoms with Gasteiger partial charge in [-0.05, 0) is 31.2 Å². The third-order valence-corrected chi connectivity index (χ3v) is 2.81. The number of hydrogen-bond donors (Lipinski definition) is 0. The third kappa shape index (κ3) is 1.96. The molecule has 3 fully saturated rings. The molecule has 2 saturated heterocycles. The van der Waals surface area contributed by atoms with Crippen LogP contribution in [0.2, 0.25) is 0 Å². The zero-order valence-corrected chi connectivity index (χ0v) is 8.14. The highest BCUT2D eigenvalue weighted by Crippen LogP contribution is 2.38. The van der Waals surface area contributed by atoms with Crippen LogP contribution in [0, 0.1) is 11.8 Å². The van der Waals surface area contributed by atoms with Gasteiger partial charge in [0.1, 0.15) is 0 Å². The van der Waals surface area contributed by atoms with E-state index in [1.807, 2.05) is 13.8 Å². The summed E-state index contributed by atoms with van der Waals surface area (Å²) in [6, 6.07) is 0. The van der Waals surface area contributed by atoms with Crippen LogP contribution in [0.25, 0.3) is 0 Å². The summed E-state index contributed by atoms with van der Waals surface area (Å²) in [5, 5.41) is 0. The van der Waals surface area contributed by atoms with Crippen molar-refractivity contribution < 1.29 is 0 Å². The highest BCUT2D eigenvalue weighted by atomic mass is 15.1. The predicted molar refractivity (Wildman–Crippen MR) is 49.7 cm³/mol. The molecular weight excluding hydrogens is 134 g/mol. The van der Waals surface area contributed by atoms with Crippen molar-refractivity contribution in [3.63, 3.8) is 0 Å². The zero-order chi connectivity index (χ0) is 8.27. The summed E-state index contributed by atoms with van der Waals surface area (Å²) in [6.07, 6.45) is 3.08. The van der Waals surface area contributed by atoms with Gasteiger partial charge in [0, 0.05) is 13.1 Å². The molecule has 0 spiro atoms. The lowest BCUT2D eigenvalue weighted by molar-refractivity contribution is 0.0310. The molecule has 0 unspecified atom stereocenters. The highest BCUT2D eigenvalue weighted by Gasteiger charge is 2.35. The second kappa shape index (κ2) is 4.10. The van der Waals surface area contributed by atoms with Gasteiger partial charge in [-0.3, -0.25) is 0 Å². The Kier molecular flexibility index (Phi) is 3.38. The molecule has 3 rings (SSSR count). The summed E-state index contributed by atoms with van der Waals surface area (Å²) < 4.78 is 0. The normalized spacial score (nSPS) is 35.2. The van der Waals surface area contributed by atoms with Crippen LogP contribution in [0.15, 0.2) is 0 Å². The van der Waals surface area contributed by atoms with E-state index in [0.29, 0.717) is 0 Å². The van der Waals surface area contributed by atoms with E-state index in [9.17, 15) is 0 Å². The Hall–Kier alpha value is -0.0400. The van der Waals surface area contributed by atoms with Gasteiger partial charge in [-0.25, -0.2) is 0 Å². The number of fused-ring (bicyclic) bond motifs is 2. The Bertz CT molecular complexity index is 95.4. The quantitative estimate of drug-likeness (QED) is 0.562. The van der Waals surface area contributed by atoms with Crippen molar-refractivity contribution >= 4 is 0 Å². The molecule has 0 aromatic rings. The van der Waals surface area contributed by atoms with E-state index in [0.717, 1.165) is 11.8 Å². The minimum atomic E-state index is 1.09. The van der Waals surface area contributed by atoms with Crippen LogP contribution in [-0.4, -0.2) is 24.5 Å². The highest BCUT2D eigenvalue weighted by molar-refractivity contribution is 4.88. The number of piperidine rings is 2. The maximum absolute atomic E-state index is 2.59. The maximum atomic E-state index is 2.59. The van der Waals surface area contributed by atoms with E-state index in [-0.39, 0.29) is 0 Å². The summed E-state index contributed by atoms with van der Waals surface area (Å²) in [5.41, 5.74) is 0. The summed E-state index contributed by atoms with van der Waals surface area (Å²) >= 11 is 0. The summed E-state index contributed by atoms with van der Waals surface area (Å²) in [5.74, 6) is 2.17. The summed E-state index contributed by atoms with van der Waals surface area (Å²) in [4.78, 5) is 2.59. The topological polar surface area (TPSA) is 3.24 Å². The number of hydrogen-bond acceptors (Lipinski definition) is 1. The lowest BCUT2D eigenvalue weighted by atomic mass is 9.71. The number of nitrogens with zero attached hydrogens (tertiary/aromatic N) is 1. The molecule has 2 aliphatic heterocycles. The smallest absolute Gasteiger partial charge is 0.000988 e. The molecule has 2 heterocycles. The Morgan fingerprint density at radius 3 is 1.82 bits per heavy atom. The zero-order valence-electron chi connectivity index (χ0n) is 8.14. The molecule has 2 bridgehead atoms. The van der Waals surface area contributed by atoms with Crippen molar-refractivity contribution in [2.75, 3.05) is 19.6 Å². The van der Waals surface area contributed by atoms with Gasteiger partial charge in [-0.2, -0.15) is 0 Å². The van der Waals surface area contributed by atoms with Gasteiger partial charge < -0.3 is 4.90 Å². The van der Waals surface area contributed by atoms with E-state index in [4.69, 9.17) is 0 Å². The first-order valence-corrected chi connectivity index (χ1v) is 5.11. The fraction of sp³-hybridized carbons (Fsp3) is 1.00. The van der Waals surface area contributed by atoms with Crippen molar-refractivity contribution in [3.8, 4) is 0 Å². The van der Waals surface area contributed by atoms with Crippen molar-refractivity contribution in [2.24, 2.45) is 11.8 Å². The molecule has 1 aliphatic carbocycles. The van der Waals surface area contributed by atoms with Crippen molar-refractivity contribution in [2.45, 2.75) is 33.6 Å². The second-order valence-corrected chi connectivity index (χ2v) is 3.56. The van der Waals surface area contributed by atoms with E-state index >= 15 is 0 Å². The molecule has 1 saturated carbocycles. The van der Waals surface area contributed by atoms with Crippen molar-refractivity contribution in [1.29, 1.82) is 0 Å². The van der Waals surface area contributed by atoms with Gasteiger partial charge in [0.2, 0.25) is 0 Å². The average molecular weight is 155 g/mol. The standard InChI is InChI=1S/C8H15N.C2H6/c1-2-9-5-7-3-8(4-7)6-9;1-2/h7-8H,2-6H2,1H3;1-2H3. The van der Waals surface area contributed by atoms with Crippen LogP contribution in [0.4, 0.5) is 0 Å². The van der Waals surface area contributed by atoms with Gasteiger partial charge >= 0.3 is 0 Å². The van der Waals surface area contributed by atoms with E-state index < -0.39 is 0 Å². The molecule has 1 heteroatoms. The Morgan fingerprint density at radius 1 is 1.09 bits per heavy atom. The van der Waals surface area contributed by atoms with Crippen LogP contribution < -0.4 is 0 Å². The van der Waals surface area contributed by atoms with E-state index in [1.54, 1.807) is 0 Å². The monoisotopic (exact) mass is 155 g/mol. The molecule has 66 valence electrons. The first-order chi connectivity index (χ1) is 5.38. The van der Waals surface area contributed by atoms with Gasteiger partial charge in [0.05, 0.1) is 0 Å². The molecule has 0 aromatic heterocycles. The summed E-state index contributed by atoms with van der Waals surface area (Å²) in [7, 11) is 0. The molecule has 0 atom stereocenters. The second-order valence-electron chi connectivity index (χ2n) is 3.56. The fourth-order valence-corrected chi connectivity index (χ4v) is 2.23. The first-order valence-electron chi connectivity index (χ1n) is 5.11. The van der Waals surface area contributed by atoms with Crippen molar-refractivity contribution in [1.82, 2.24) is 4.90 Å². The molecular formula is C10H21N. The van der Waals surface area contributed by atoms with Crippen LogP contribution >= 0.6 is 0 Å². The predicted octanol–water partition coefficient (Wildman–Crippen LogP) is 2.37. The lowest BCUT2D eigenvalue weighted by Crippen LogP contribution is -2.48.